The van der Waals surface area contributed by atoms with Crippen molar-refractivity contribution in [3.8, 4) is 0 Å². The lowest BCUT2D eigenvalue weighted by Crippen LogP contribution is -2.23. The summed E-state index contributed by atoms with van der Waals surface area (Å²) in [6.07, 6.45) is 9.32. The minimum atomic E-state index is 0.0772. The number of methoxy groups -OCH3 is 1. The van der Waals surface area contributed by atoms with Crippen molar-refractivity contribution in [2.24, 2.45) is 0 Å². The zero-order valence-corrected chi connectivity index (χ0v) is 8.56. The van der Waals surface area contributed by atoms with E-state index < -0.39 is 0 Å². The van der Waals surface area contributed by atoms with Gasteiger partial charge >= 0.3 is 0 Å². The lowest BCUT2D eigenvalue weighted by atomic mass is 10.0. The Bertz CT molecular complexity index is 136. The maximum Gasteiger partial charge on any atom is 0.0859 e. The molecule has 0 N–H and O–H groups in total. The van der Waals surface area contributed by atoms with Crippen LogP contribution in [-0.2, 0) is 4.74 Å². The third-order valence-electron chi connectivity index (χ3n) is 2.37. The van der Waals surface area contributed by atoms with Crippen LogP contribution in [0.3, 0.4) is 0 Å². The van der Waals surface area contributed by atoms with Gasteiger partial charge in [-0.15, -0.1) is 0 Å². The van der Waals surface area contributed by atoms with Gasteiger partial charge in [-0.25, -0.2) is 0 Å². The first kappa shape index (κ1) is 9.27. The molecule has 1 fully saturated rings. The monoisotopic (exact) mass is 218 g/mol. The Morgan fingerprint density at radius 3 is 2.55 bits per heavy atom. The number of allylic oxidation sites excluding steroid dienone is 1. The molecule has 1 aliphatic carbocycles. The molecule has 0 atom stereocenters. The van der Waals surface area contributed by atoms with Crippen molar-refractivity contribution in [3.63, 3.8) is 0 Å². The van der Waals surface area contributed by atoms with Crippen molar-refractivity contribution in [2.45, 2.75) is 31.3 Å². The summed E-state index contributed by atoms with van der Waals surface area (Å²) in [5.41, 5.74) is 0.0772. The Labute approximate surface area is 76.9 Å². The Morgan fingerprint density at radius 2 is 2.09 bits per heavy atom. The maximum atomic E-state index is 5.49. The first-order chi connectivity index (χ1) is 5.33. The fourth-order valence-corrected chi connectivity index (χ4v) is 1.86. The molecule has 2 heteroatoms. The SMILES string of the molecule is COC1(/C=C/CBr)CCCC1. The number of ether oxygens (including phenoxy) is 1. The summed E-state index contributed by atoms with van der Waals surface area (Å²) in [5.74, 6) is 0. The van der Waals surface area contributed by atoms with Crippen LogP contribution < -0.4 is 0 Å². The number of hydrogen-bond acceptors (Lipinski definition) is 1. The van der Waals surface area contributed by atoms with Crippen molar-refractivity contribution in [1.82, 2.24) is 0 Å². The fourth-order valence-electron chi connectivity index (χ4n) is 1.67. The smallest absolute Gasteiger partial charge is 0.0859 e. The Morgan fingerprint density at radius 1 is 1.45 bits per heavy atom. The highest BCUT2D eigenvalue weighted by molar-refractivity contribution is 9.09. The second-order valence-corrected chi connectivity index (χ2v) is 3.68. The predicted molar refractivity (Wildman–Crippen MR) is 51.1 cm³/mol. The van der Waals surface area contributed by atoms with E-state index in [9.17, 15) is 0 Å². The average molecular weight is 219 g/mol. The highest BCUT2D eigenvalue weighted by Gasteiger charge is 2.30. The summed E-state index contributed by atoms with van der Waals surface area (Å²) in [4.78, 5) is 0. The van der Waals surface area contributed by atoms with Crippen LogP contribution >= 0.6 is 15.9 Å². The molecule has 0 unspecified atom stereocenters. The highest BCUT2D eigenvalue weighted by atomic mass is 79.9. The van der Waals surface area contributed by atoms with E-state index in [2.05, 4.69) is 28.1 Å². The third kappa shape index (κ3) is 2.31. The second kappa shape index (κ2) is 4.27. The molecule has 0 aromatic rings. The van der Waals surface area contributed by atoms with Crippen LogP contribution in [0.2, 0.25) is 0 Å². The quantitative estimate of drug-likeness (QED) is 0.523. The van der Waals surface area contributed by atoms with E-state index >= 15 is 0 Å². The van der Waals surface area contributed by atoms with Gasteiger partial charge in [-0.3, -0.25) is 0 Å². The molecule has 1 rings (SSSR count). The molecule has 0 amide bonds. The van der Waals surface area contributed by atoms with Gasteiger partial charge in [-0.05, 0) is 12.8 Å². The van der Waals surface area contributed by atoms with Gasteiger partial charge in [0.25, 0.3) is 0 Å². The summed E-state index contributed by atoms with van der Waals surface area (Å²) in [6, 6.07) is 0. The Balaban J connectivity index is 2.52. The van der Waals surface area contributed by atoms with Crippen LogP contribution in [-0.4, -0.2) is 18.0 Å². The molecule has 0 radical (unpaired) electrons. The van der Waals surface area contributed by atoms with E-state index in [0.29, 0.717) is 0 Å². The number of alkyl halides is 1. The van der Waals surface area contributed by atoms with Gasteiger partial charge < -0.3 is 4.74 Å². The van der Waals surface area contributed by atoms with Gasteiger partial charge in [0.1, 0.15) is 0 Å². The lowest BCUT2D eigenvalue weighted by Gasteiger charge is -2.22. The van der Waals surface area contributed by atoms with Crippen LogP contribution in [0.15, 0.2) is 12.2 Å². The molecule has 1 saturated carbocycles. The van der Waals surface area contributed by atoms with Crippen molar-refractivity contribution < 1.29 is 4.74 Å². The largest absolute Gasteiger partial charge is 0.374 e. The number of hydrogen-bond donors (Lipinski definition) is 0. The molecule has 1 aliphatic rings. The molecular formula is C9H15BrO. The molecule has 64 valence electrons. The van der Waals surface area contributed by atoms with E-state index in [-0.39, 0.29) is 5.60 Å². The van der Waals surface area contributed by atoms with Gasteiger partial charge in [0.2, 0.25) is 0 Å². The van der Waals surface area contributed by atoms with E-state index in [1.54, 1.807) is 0 Å². The molecule has 0 bridgehead atoms. The first-order valence-electron chi connectivity index (χ1n) is 4.12. The maximum absolute atomic E-state index is 5.49. The molecule has 0 spiro atoms. The highest BCUT2D eigenvalue weighted by Crippen LogP contribution is 2.33. The summed E-state index contributed by atoms with van der Waals surface area (Å²) in [6.45, 7) is 0. The average Bonchev–Trinajstić information content (AvgIpc) is 2.50. The van der Waals surface area contributed by atoms with Crippen LogP contribution in [0.1, 0.15) is 25.7 Å². The predicted octanol–water partition coefficient (Wildman–Crippen LogP) is 2.90. The summed E-state index contributed by atoms with van der Waals surface area (Å²) >= 11 is 3.37. The summed E-state index contributed by atoms with van der Waals surface area (Å²) < 4.78 is 5.49. The zero-order valence-electron chi connectivity index (χ0n) is 6.98. The van der Waals surface area contributed by atoms with Crippen LogP contribution in [0.25, 0.3) is 0 Å². The normalized spacial score (nSPS) is 23.1. The Hall–Kier alpha value is 0.180. The molecular weight excluding hydrogens is 204 g/mol. The number of halogens is 1. The first-order valence-corrected chi connectivity index (χ1v) is 5.24. The van der Waals surface area contributed by atoms with Crippen LogP contribution in [0.4, 0.5) is 0 Å². The van der Waals surface area contributed by atoms with Crippen molar-refractivity contribution in [2.75, 3.05) is 12.4 Å². The minimum Gasteiger partial charge on any atom is -0.374 e. The van der Waals surface area contributed by atoms with E-state index in [4.69, 9.17) is 4.74 Å². The molecule has 11 heavy (non-hydrogen) atoms. The standard InChI is InChI=1S/C9H15BrO/c1-11-9(7-4-8-10)5-2-3-6-9/h4,7H,2-3,5-6,8H2,1H3/b7-4+. The van der Waals surface area contributed by atoms with Gasteiger partial charge in [0, 0.05) is 12.4 Å². The molecule has 0 aromatic heterocycles. The minimum absolute atomic E-state index is 0.0772. The zero-order chi connectivity index (χ0) is 8.16. The molecule has 0 aromatic carbocycles. The molecule has 1 nitrogen and oxygen atoms in total. The van der Waals surface area contributed by atoms with Crippen molar-refractivity contribution in [1.29, 1.82) is 0 Å². The van der Waals surface area contributed by atoms with Gasteiger partial charge in [-0.1, -0.05) is 40.9 Å². The third-order valence-corrected chi connectivity index (χ3v) is 2.74. The topological polar surface area (TPSA) is 9.23 Å². The molecule has 0 heterocycles. The summed E-state index contributed by atoms with van der Waals surface area (Å²) in [5, 5.41) is 0.929. The molecule has 0 aliphatic heterocycles. The lowest BCUT2D eigenvalue weighted by molar-refractivity contribution is 0.0387. The van der Waals surface area contributed by atoms with Crippen LogP contribution in [0, 0.1) is 0 Å². The van der Waals surface area contributed by atoms with Gasteiger partial charge in [0.05, 0.1) is 5.60 Å². The second-order valence-electron chi connectivity index (χ2n) is 3.03. The Kier molecular flexibility index (Phi) is 3.60. The van der Waals surface area contributed by atoms with Crippen molar-refractivity contribution >= 4 is 15.9 Å². The van der Waals surface area contributed by atoms with Crippen LogP contribution in [0.5, 0.6) is 0 Å². The van der Waals surface area contributed by atoms with E-state index in [1.165, 1.54) is 25.7 Å². The molecule has 0 saturated heterocycles. The van der Waals surface area contributed by atoms with Gasteiger partial charge in [-0.2, -0.15) is 0 Å². The number of rotatable bonds is 3. The van der Waals surface area contributed by atoms with E-state index in [0.717, 1.165) is 5.33 Å². The van der Waals surface area contributed by atoms with Crippen molar-refractivity contribution in [3.05, 3.63) is 12.2 Å². The van der Waals surface area contributed by atoms with E-state index in [1.807, 2.05) is 7.11 Å². The summed E-state index contributed by atoms with van der Waals surface area (Å²) in [7, 11) is 1.81. The fraction of sp³-hybridized carbons (Fsp3) is 0.778. The van der Waals surface area contributed by atoms with Gasteiger partial charge in [0.15, 0.2) is 0 Å².